The van der Waals surface area contributed by atoms with Gasteiger partial charge in [-0.1, -0.05) is 28.1 Å². The molecule has 104 valence electrons. The Morgan fingerprint density at radius 2 is 1.75 bits per heavy atom. The van der Waals surface area contributed by atoms with Gasteiger partial charge in [0.15, 0.2) is 5.78 Å². The maximum atomic E-state index is 12.5. The van der Waals surface area contributed by atoms with E-state index < -0.39 is 0 Å². The lowest BCUT2D eigenvalue weighted by molar-refractivity contribution is 0.103. The van der Waals surface area contributed by atoms with E-state index in [1.54, 1.807) is 6.07 Å². The lowest BCUT2D eigenvalue weighted by Crippen LogP contribution is -2.03. The van der Waals surface area contributed by atoms with Crippen molar-refractivity contribution in [2.75, 3.05) is 6.61 Å². The summed E-state index contributed by atoms with van der Waals surface area (Å²) < 4.78 is 6.49. The normalized spacial score (nSPS) is 10.4. The van der Waals surface area contributed by atoms with Crippen LogP contribution in [0.2, 0.25) is 0 Å². The molecule has 0 amide bonds. The number of aryl methyl sites for hydroxylation is 2. The highest BCUT2D eigenvalue weighted by molar-refractivity contribution is 9.10. The number of carbonyl (C=O) groups is 1. The van der Waals surface area contributed by atoms with Gasteiger partial charge in [0.2, 0.25) is 0 Å². The summed E-state index contributed by atoms with van der Waals surface area (Å²) in [5.74, 6) is 0.745. The molecule has 2 rings (SSSR count). The summed E-state index contributed by atoms with van der Waals surface area (Å²) in [6, 6.07) is 11.1. The Kier molecular flexibility index (Phi) is 4.61. The molecule has 0 saturated carbocycles. The number of carbonyl (C=O) groups excluding carboxylic acids is 1. The third-order valence-corrected chi connectivity index (χ3v) is 4.36. The van der Waals surface area contributed by atoms with Crippen molar-refractivity contribution < 1.29 is 9.53 Å². The third kappa shape index (κ3) is 3.10. The molecule has 0 heterocycles. The topological polar surface area (TPSA) is 26.3 Å². The Hall–Kier alpha value is -1.61. The van der Waals surface area contributed by atoms with Crippen LogP contribution in [0.15, 0.2) is 40.9 Å². The fourth-order valence-electron chi connectivity index (χ4n) is 2.14. The second-order valence-corrected chi connectivity index (χ2v) is 5.51. The summed E-state index contributed by atoms with van der Waals surface area (Å²) in [4.78, 5) is 12.5. The molecule has 2 nitrogen and oxygen atoms in total. The molecule has 0 bridgehead atoms. The van der Waals surface area contributed by atoms with Crippen molar-refractivity contribution in [2.24, 2.45) is 0 Å². The van der Waals surface area contributed by atoms with E-state index in [2.05, 4.69) is 15.9 Å². The Balaban J connectivity index is 2.38. The van der Waals surface area contributed by atoms with E-state index in [-0.39, 0.29) is 5.78 Å². The van der Waals surface area contributed by atoms with Crippen molar-refractivity contribution in [1.82, 2.24) is 0 Å². The minimum Gasteiger partial charge on any atom is -0.494 e. The highest BCUT2D eigenvalue weighted by atomic mass is 79.9. The predicted octanol–water partition coefficient (Wildman–Crippen LogP) is 4.70. The monoisotopic (exact) mass is 332 g/mol. The maximum Gasteiger partial charge on any atom is 0.193 e. The second-order valence-electron chi connectivity index (χ2n) is 4.71. The van der Waals surface area contributed by atoms with Crippen LogP contribution in [0.1, 0.15) is 34.0 Å². The number of hydrogen-bond donors (Lipinski definition) is 0. The summed E-state index contributed by atoms with van der Waals surface area (Å²) in [6.45, 7) is 6.50. The lowest BCUT2D eigenvalue weighted by Gasteiger charge is -2.09. The van der Waals surface area contributed by atoms with E-state index in [0.717, 1.165) is 21.3 Å². The van der Waals surface area contributed by atoms with Crippen molar-refractivity contribution in [1.29, 1.82) is 0 Å². The molecule has 20 heavy (non-hydrogen) atoms. The van der Waals surface area contributed by atoms with Crippen LogP contribution in [0.5, 0.6) is 5.75 Å². The summed E-state index contributed by atoms with van der Waals surface area (Å²) >= 11 is 3.52. The smallest absolute Gasteiger partial charge is 0.193 e. The minimum atomic E-state index is 0.0188. The Labute approximate surface area is 127 Å². The molecule has 2 aromatic carbocycles. The molecule has 0 unspecified atom stereocenters. The van der Waals surface area contributed by atoms with Gasteiger partial charge < -0.3 is 4.74 Å². The first-order chi connectivity index (χ1) is 9.52. The number of ketones is 1. The van der Waals surface area contributed by atoms with Gasteiger partial charge in [-0.3, -0.25) is 4.79 Å². The fraction of sp³-hybridized carbons (Fsp3) is 0.235. The van der Waals surface area contributed by atoms with Gasteiger partial charge in [-0.25, -0.2) is 0 Å². The zero-order valence-corrected chi connectivity index (χ0v) is 13.5. The van der Waals surface area contributed by atoms with Crippen LogP contribution in [0.25, 0.3) is 0 Å². The first kappa shape index (κ1) is 14.8. The molecule has 0 aliphatic heterocycles. The van der Waals surface area contributed by atoms with Crippen molar-refractivity contribution in [3.05, 3.63) is 63.1 Å². The zero-order valence-electron chi connectivity index (χ0n) is 11.9. The molecule has 0 aliphatic carbocycles. The Bertz CT molecular complexity index is 624. The van der Waals surface area contributed by atoms with Crippen LogP contribution < -0.4 is 4.74 Å². The summed E-state index contributed by atoms with van der Waals surface area (Å²) in [6.07, 6.45) is 0. The molecule has 0 atom stereocenters. The van der Waals surface area contributed by atoms with E-state index in [1.165, 1.54) is 0 Å². The molecule has 0 spiro atoms. The number of hydrogen-bond acceptors (Lipinski definition) is 2. The number of halogens is 1. The lowest BCUT2D eigenvalue weighted by atomic mass is 9.99. The highest BCUT2D eigenvalue weighted by Gasteiger charge is 2.12. The average Bonchev–Trinajstić information content (AvgIpc) is 2.44. The molecular formula is C17H17BrO2. The van der Waals surface area contributed by atoms with Gasteiger partial charge in [0, 0.05) is 15.6 Å². The van der Waals surface area contributed by atoms with E-state index in [1.807, 2.05) is 51.1 Å². The Morgan fingerprint density at radius 1 is 1.10 bits per heavy atom. The summed E-state index contributed by atoms with van der Waals surface area (Å²) in [7, 11) is 0. The zero-order chi connectivity index (χ0) is 14.7. The molecule has 0 aliphatic rings. The van der Waals surface area contributed by atoms with Gasteiger partial charge in [-0.15, -0.1) is 0 Å². The van der Waals surface area contributed by atoms with Crippen LogP contribution in [0.4, 0.5) is 0 Å². The van der Waals surface area contributed by atoms with E-state index in [0.29, 0.717) is 17.7 Å². The average molecular weight is 333 g/mol. The maximum absolute atomic E-state index is 12.5. The molecule has 2 aromatic rings. The van der Waals surface area contributed by atoms with E-state index in [4.69, 9.17) is 4.74 Å². The van der Waals surface area contributed by atoms with Gasteiger partial charge in [0.1, 0.15) is 5.75 Å². The van der Waals surface area contributed by atoms with Crippen molar-refractivity contribution in [2.45, 2.75) is 20.8 Å². The number of ether oxygens (including phenoxy) is 1. The van der Waals surface area contributed by atoms with Gasteiger partial charge in [0.05, 0.1) is 6.61 Å². The summed E-state index contributed by atoms with van der Waals surface area (Å²) in [5.41, 5.74) is 3.48. The van der Waals surface area contributed by atoms with Crippen LogP contribution in [-0.2, 0) is 0 Å². The highest BCUT2D eigenvalue weighted by Crippen LogP contribution is 2.24. The predicted molar refractivity (Wildman–Crippen MR) is 84.7 cm³/mol. The first-order valence-electron chi connectivity index (χ1n) is 6.57. The van der Waals surface area contributed by atoms with Crippen molar-refractivity contribution >= 4 is 21.7 Å². The van der Waals surface area contributed by atoms with Crippen LogP contribution in [-0.4, -0.2) is 12.4 Å². The van der Waals surface area contributed by atoms with Gasteiger partial charge in [0.25, 0.3) is 0 Å². The number of rotatable bonds is 4. The Morgan fingerprint density at radius 3 is 2.35 bits per heavy atom. The molecule has 0 radical (unpaired) electrons. The van der Waals surface area contributed by atoms with E-state index in [9.17, 15) is 4.79 Å². The van der Waals surface area contributed by atoms with E-state index >= 15 is 0 Å². The first-order valence-corrected chi connectivity index (χ1v) is 7.36. The van der Waals surface area contributed by atoms with Gasteiger partial charge in [-0.2, -0.15) is 0 Å². The van der Waals surface area contributed by atoms with Crippen molar-refractivity contribution in [3.63, 3.8) is 0 Å². The summed E-state index contributed by atoms with van der Waals surface area (Å²) in [5, 5.41) is 0. The molecule has 0 saturated heterocycles. The second kappa shape index (κ2) is 6.23. The quantitative estimate of drug-likeness (QED) is 0.759. The third-order valence-electron chi connectivity index (χ3n) is 3.11. The fourth-order valence-corrected chi connectivity index (χ4v) is 2.37. The largest absolute Gasteiger partial charge is 0.494 e. The van der Waals surface area contributed by atoms with Crippen molar-refractivity contribution in [3.8, 4) is 5.75 Å². The molecular weight excluding hydrogens is 316 g/mol. The van der Waals surface area contributed by atoms with Crippen LogP contribution in [0.3, 0.4) is 0 Å². The number of benzene rings is 2. The van der Waals surface area contributed by atoms with Crippen LogP contribution in [0, 0.1) is 13.8 Å². The van der Waals surface area contributed by atoms with Gasteiger partial charge >= 0.3 is 0 Å². The molecule has 0 N–H and O–H groups in total. The standard InChI is InChI=1S/C17H17BrO2/c1-4-20-15-7-5-6-13(10-15)17(19)14-8-11(2)16(18)12(3)9-14/h5-10H,4H2,1-3H3. The molecule has 0 aromatic heterocycles. The molecule has 3 heteroatoms. The SMILES string of the molecule is CCOc1cccc(C(=O)c2cc(C)c(Br)c(C)c2)c1. The van der Waals surface area contributed by atoms with Crippen LogP contribution >= 0.6 is 15.9 Å². The minimum absolute atomic E-state index is 0.0188. The van der Waals surface area contributed by atoms with Gasteiger partial charge in [-0.05, 0) is 56.2 Å². The molecule has 0 fully saturated rings.